The summed E-state index contributed by atoms with van der Waals surface area (Å²) < 4.78 is 16.2. The Kier molecular flexibility index (Phi) is 7.64. The zero-order valence-electron chi connectivity index (χ0n) is 19.2. The molecule has 180 valence electrons. The van der Waals surface area contributed by atoms with E-state index in [-0.39, 0.29) is 50.1 Å². The van der Waals surface area contributed by atoms with Gasteiger partial charge >= 0.3 is 0 Å². The lowest BCUT2D eigenvalue weighted by Gasteiger charge is -2.31. The number of carbonyl (C=O) groups is 3. The highest BCUT2D eigenvalue weighted by atomic mass is 16.5. The molecule has 34 heavy (non-hydrogen) atoms. The second-order valence-corrected chi connectivity index (χ2v) is 8.27. The van der Waals surface area contributed by atoms with Crippen LogP contribution in [0.15, 0.2) is 48.5 Å². The summed E-state index contributed by atoms with van der Waals surface area (Å²) >= 11 is 0. The molecule has 0 bridgehead atoms. The molecule has 2 heterocycles. The second-order valence-electron chi connectivity index (χ2n) is 8.27. The van der Waals surface area contributed by atoms with Crippen LogP contribution in [0.3, 0.4) is 0 Å². The summed E-state index contributed by atoms with van der Waals surface area (Å²) in [6.45, 7) is 0.892. The van der Waals surface area contributed by atoms with Crippen LogP contribution < -0.4 is 19.7 Å². The average molecular weight is 468 g/mol. The van der Waals surface area contributed by atoms with Crippen molar-refractivity contribution in [3.8, 4) is 11.5 Å². The van der Waals surface area contributed by atoms with E-state index in [9.17, 15) is 14.4 Å². The lowest BCUT2D eigenvalue weighted by molar-refractivity contribution is -0.136. The Morgan fingerprint density at radius 2 is 1.97 bits per heavy atom. The fraction of sp³-hybridized carbons (Fsp3) is 0.400. The Morgan fingerprint density at radius 1 is 1.18 bits per heavy atom. The smallest absolute Gasteiger partial charge is 0.265 e. The van der Waals surface area contributed by atoms with Crippen molar-refractivity contribution in [3.63, 3.8) is 0 Å². The lowest BCUT2D eigenvalue weighted by atomic mass is 10.2. The molecule has 4 rings (SSSR count). The van der Waals surface area contributed by atoms with Crippen molar-refractivity contribution >= 4 is 23.4 Å². The van der Waals surface area contributed by atoms with Crippen LogP contribution in [0.2, 0.25) is 0 Å². The molecule has 1 saturated heterocycles. The number of para-hydroxylation sites is 2. The lowest BCUT2D eigenvalue weighted by Crippen LogP contribution is -2.49. The zero-order valence-corrected chi connectivity index (χ0v) is 19.2. The Hall–Kier alpha value is -3.59. The van der Waals surface area contributed by atoms with Gasteiger partial charge in [-0.1, -0.05) is 24.3 Å². The Morgan fingerprint density at radius 3 is 2.71 bits per heavy atom. The van der Waals surface area contributed by atoms with Gasteiger partial charge in [0, 0.05) is 19.7 Å². The number of rotatable bonds is 9. The maximum atomic E-state index is 13.4. The highest BCUT2D eigenvalue weighted by Crippen LogP contribution is 2.31. The molecule has 2 aromatic rings. The van der Waals surface area contributed by atoms with Crippen LogP contribution >= 0.6 is 0 Å². The van der Waals surface area contributed by atoms with Gasteiger partial charge in [-0.25, -0.2) is 0 Å². The van der Waals surface area contributed by atoms with Crippen molar-refractivity contribution in [1.82, 2.24) is 10.2 Å². The fourth-order valence-corrected chi connectivity index (χ4v) is 4.01. The number of nitrogens with one attached hydrogen (secondary N) is 1. The SMILES string of the molecule is COc1ccc(CN(CC(=O)NCC2CCCO2)C(=O)CN2C(=O)COc3ccccc32)cc1. The van der Waals surface area contributed by atoms with Crippen LogP contribution in [0.4, 0.5) is 5.69 Å². The number of methoxy groups -OCH3 is 1. The third-order valence-corrected chi connectivity index (χ3v) is 5.87. The topological polar surface area (TPSA) is 97.4 Å². The number of benzene rings is 2. The van der Waals surface area contributed by atoms with E-state index in [1.165, 1.54) is 9.80 Å². The maximum Gasteiger partial charge on any atom is 0.265 e. The van der Waals surface area contributed by atoms with Crippen molar-refractivity contribution in [2.45, 2.75) is 25.5 Å². The predicted molar refractivity (Wildman–Crippen MR) is 125 cm³/mol. The summed E-state index contributed by atoms with van der Waals surface area (Å²) in [7, 11) is 1.58. The largest absolute Gasteiger partial charge is 0.497 e. The average Bonchev–Trinajstić information content (AvgIpc) is 3.38. The Balaban J connectivity index is 1.47. The first-order chi connectivity index (χ1) is 16.5. The third kappa shape index (κ3) is 5.85. The van der Waals surface area contributed by atoms with Gasteiger partial charge in [0.2, 0.25) is 11.8 Å². The van der Waals surface area contributed by atoms with E-state index >= 15 is 0 Å². The molecular weight excluding hydrogens is 438 g/mol. The van der Waals surface area contributed by atoms with Gasteiger partial charge in [0.05, 0.1) is 25.4 Å². The predicted octanol–water partition coefficient (Wildman–Crippen LogP) is 1.74. The van der Waals surface area contributed by atoms with E-state index in [1.54, 1.807) is 37.4 Å². The number of amides is 3. The summed E-state index contributed by atoms with van der Waals surface area (Å²) in [5.41, 5.74) is 1.38. The fourth-order valence-electron chi connectivity index (χ4n) is 4.01. The number of hydrogen-bond donors (Lipinski definition) is 1. The van der Waals surface area contributed by atoms with Crippen molar-refractivity contribution in [2.24, 2.45) is 0 Å². The molecule has 1 N–H and O–H groups in total. The monoisotopic (exact) mass is 467 g/mol. The van der Waals surface area contributed by atoms with E-state index in [0.717, 1.165) is 18.4 Å². The van der Waals surface area contributed by atoms with Crippen molar-refractivity contribution in [1.29, 1.82) is 0 Å². The van der Waals surface area contributed by atoms with Crippen LogP contribution in [-0.2, 0) is 25.7 Å². The first kappa shape index (κ1) is 23.6. The van der Waals surface area contributed by atoms with Gasteiger partial charge in [0.15, 0.2) is 6.61 Å². The summed E-state index contributed by atoms with van der Waals surface area (Å²) in [4.78, 5) is 41.4. The Bertz CT molecular complexity index is 1020. The highest BCUT2D eigenvalue weighted by Gasteiger charge is 2.29. The third-order valence-electron chi connectivity index (χ3n) is 5.87. The summed E-state index contributed by atoms with van der Waals surface area (Å²) in [5, 5.41) is 2.86. The molecule has 1 atom stereocenters. The number of carbonyl (C=O) groups excluding carboxylic acids is 3. The van der Waals surface area contributed by atoms with E-state index in [2.05, 4.69) is 5.32 Å². The van der Waals surface area contributed by atoms with E-state index in [0.29, 0.717) is 30.3 Å². The molecule has 0 aromatic heterocycles. The molecule has 2 aliphatic rings. The maximum absolute atomic E-state index is 13.4. The number of fused-ring (bicyclic) bond motifs is 1. The number of anilines is 1. The number of nitrogens with zero attached hydrogens (tertiary/aromatic N) is 2. The first-order valence-electron chi connectivity index (χ1n) is 11.3. The number of ether oxygens (including phenoxy) is 3. The van der Waals surface area contributed by atoms with Crippen LogP contribution in [0, 0.1) is 0 Å². The molecule has 0 radical (unpaired) electrons. The van der Waals surface area contributed by atoms with Gasteiger partial charge in [-0.2, -0.15) is 0 Å². The van der Waals surface area contributed by atoms with Gasteiger partial charge in [-0.3, -0.25) is 19.3 Å². The summed E-state index contributed by atoms with van der Waals surface area (Å²) in [6.07, 6.45) is 1.91. The minimum atomic E-state index is -0.340. The molecule has 0 aliphatic carbocycles. The van der Waals surface area contributed by atoms with Crippen molar-refractivity contribution < 1.29 is 28.6 Å². The summed E-state index contributed by atoms with van der Waals surface area (Å²) in [6, 6.07) is 14.4. The van der Waals surface area contributed by atoms with Crippen molar-refractivity contribution in [2.75, 3.05) is 44.9 Å². The molecule has 1 fully saturated rings. The van der Waals surface area contributed by atoms with Crippen molar-refractivity contribution in [3.05, 3.63) is 54.1 Å². The zero-order chi connectivity index (χ0) is 23.9. The Labute approximate surface area is 198 Å². The molecular formula is C25H29N3O6. The van der Waals surface area contributed by atoms with E-state index in [4.69, 9.17) is 14.2 Å². The minimum Gasteiger partial charge on any atom is -0.497 e. The quantitative estimate of drug-likeness (QED) is 0.604. The molecule has 3 amide bonds. The van der Waals surface area contributed by atoms with Crippen LogP contribution in [0.25, 0.3) is 0 Å². The molecule has 9 heteroatoms. The van der Waals surface area contributed by atoms with Gasteiger partial charge in [-0.05, 0) is 42.7 Å². The molecule has 9 nitrogen and oxygen atoms in total. The van der Waals surface area contributed by atoms with E-state index in [1.807, 2.05) is 18.2 Å². The standard InChI is InChI=1S/C25H29N3O6/c1-32-19-10-8-18(9-11-19)14-27(15-23(29)26-13-20-5-4-12-33-20)24(30)16-28-21-6-2-3-7-22(21)34-17-25(28)31/h2-3,6-11,20H,4-5,12-17H2,1H3,(H,26,29). The first-order valence-corrected chi connectivity index (χ1v) is 11.3. The normalized spacial score (nSPS) is 17.0. The molecule has 2 aromatic carbocycles. The van der Waals surface area contributed by atoms with Crippen LogP contribution in [0.5, 0.6) is 11.5 Å². The summed E-state index contributed by atoms with van der Waals surface area (Å²) in [5.74, 6) is 0.329. The molecule has 0 spiro atoms. The number of hydrogen-bond acceptors (Lipinski definition) is 6. The van der Waals surface area contributed by atoms with Gasteiger partial charge in [-0.15, -0.1) is 0 Å². The minimum absolute atomic E-state index is 0.0113. The highest BCUT2D eigenvalue weighted by molar-refractivity contribution is 6.02. The molecule has 0 saturated carbocycles. The van der Waals surface area contributed by atoms with Crippen LogP contribution in [0.1, 0.15) is 18.4 Å². The van der Waals surface area contributed by atoms with Crippen LogP contribution in [-0.4, -0.2) is 68.7 Å². The van der Waals surface area contributed by atoms with E-state index < -0.39 is 0 Å². The molecule has 1 unspecified atom stereocenters. The van der Waals surface area contributed by atoms with Gasteiger partial charge in [0.1, 0.15) is 18.0 Å². The molecule has 2 aliphatic heterocycles. The van der Waals surface area contributed by atoms with Gasteiger partial charge in [0.25, 0.3) is 5.91 Å². The van der Waals surface area contributed by atoms with Gasteiger partial charge < -0.3 is 24.4 Å². The second kappa shape index (κ2) is 11.0.